The van der Waals surface area contributed by atoms with Crippen molar-refractivity contribution in [1.29, 1.82) is 0 Å². The molecule has 0 heterocycles. The first-order chi connectivity index (χ1) is 27.7. The van der Waals surface area contributed by atoms with Crippen LogP contribution in [0.15, 0.2) is 188 Å². The van der Waals surface area contributed by atoms with Crippen molar-refractivity contribution in [2.45, 2.75) is 51.4 Å². The monoisotopic (exact) mass is 733 g/mol. The highest BCUT2D eigenvalue weighted by Crippen LogP contribution is 2.48. The normalized spacial score (nSPS) is 14.5. The van der Waals surface area contributed by atoms with Gasteiger partial charge in [0.2, 0.25) is 0 Å². The molecule has 57 heavy (non-hydrogen) atoms. The zero-order valence-electron chi connectivity index (χ0n) is 33.3. The third-order valence-electron chi connectivity index (χ3n) is 12.7. The highest BCUT2D eigenvalue weighted by Gasteiger charge is 2.37. The van der Waals surface area contributed by atoms with Gasteiger partial charge in [0.25, 0.3) is 0 Å². The quantitative estimate of drug-likeness (QED) is 0.154. The van der Waals surface area contributed by atoms with E-state index in [2.05, 4.69) is 221 Å². The molecule has 0 aliphatic heterocycles. The Balaban J connectivity index is 1.12. The van der Waals surface area contributed by atoms with Crippen molar-refractivity contribution in [1.82, 2.24) is 0 Å². The molecule has 0 saturated heterocycles. The summed E-state index contributed by atoms with van der Waals surface area (Å²) < 4.78 is 0. The average molecular weight is 734 g/mol. The van der Waals surface area contributed by atoms with E-state index < -0.39 is 0 Å². The zero-order valence-corrected chi connectivity index (χ0v) is 33.3. The number of hydrogen-bond acceptors (Lipinski definition) is 1. The third-order valence-corrected chi connectivity index (χ3v) is 12.7. The average Bonchev–Trinajstić information content (AvgIpc) is 3.25. The van der Waals surface area contributed by atoms with Gasteiger partial charge in [0.05, 0.1) is 0 Å². The van der Waals surface area contributed by atoms with Crippen molar-refractivity contribution in [3.8, 4) is 33.4 Å². The van der Waals surface area contributed by atoms with Gasteiger partial charge in [0.1, 0.15) is 0 Å². The van der Waals surface area contributed by atoms with Crippen LogP contribution in [-0.2, 0) is 10.8 Å². The van der Waals surface area contributed by atoms with E-state index in [9.17, 15) is 0 Å². The fourth-order valence-electron chi connectivity index (χ4n) is 9.41. The van der Waals surface area contributed by atoms with Gasteiger partial charge < -0.3 is 4.90 Å². The molecule has 9 aromatic carbocycles. The van der Waals surface area contributed by atoms with Crippen molar-refractivity contribution in [3.63, 3.8) is 0 Å². The molecular formula is C56H47N. The lowest BCUT2D eigenvalue weighted by atomic mass is 9.63. The maximum atomic E-state index is 2.48. The summed E-state index contributed by atoms with van der Waals surface area (Å²) in [6.07, 6.45) is 2.41. The van der Waals surface area contributed by atoms with Gasteiger partial charge in [-0.15, -0.1) is 0 Å². The van der Waals surface area contributed by atoms with Crippen LogP contribution in [0.4, 0.5) is 17.1 Å². The highest BCUT2D eigenvalue weighted by atomic mass is 15.1. The second-order valence-electron chi connectivity index (χ2n) is 17.2. The second-order valence-corrected chi connectivity index (χ2v) is 17.2. The molecule has 0 amide bonds. The lowest BCUT2D eigenvalue weighted by molar-refractivity contribution is 0.332. The van der Waals surface area contributed by atoms with Crippen molar-refractivity contribution < 1.29 is 0 Å². The smallest absolute Gasteiger partial charge is 0.0467 e. The molecule has 0 bridgehead atoms. The van der Waals surface area contributed by atoms with E-state index in [-0.39, 0.29) is 10.8 Å². The molecule has 0 unspecified atom stereocenters. The number of rotatable bonds is 6. The number of hydrogen-bond donors (Lipinski definition) is 0. The molecule has 0 spiro atoms. The first-order valence-electron chi connectivity index (χ1n) is 20.4. The number of anilines is 3. The molecule has 0 fully saturated rings. The minimum atomic E-state index is 0.143. The SMILES string of the molecule is CC1(C)CCC(C)(C)c2cc(-c3cccc(N(c4ccc(-c5cccc6ccccc56)cc4)c4cccc(-c5cc6ccccc6c6ccccc56)c4)c3)ccc21. The Kier molecular flexibility index (Phi) is 8.38. The Morgan fingerprint density at radius 2 is 0.877 bits per heavy atom. The highest BCUT2D eigenvalue weighted by molar-refractivity contribution is 6.14. The summed E-state index contributed by atoms with van der Waals surface area (Å²) in [5.74, 6) is 0. The van der Waals surface area contributed by atoms with Gasteiger partial charge in [-0.2, -0.15) is 0 Å². The van der Waals surface area contributed by atoms with Crippen LogP contribution in [0.1, 0.15) is 51.7 Å². The van der Waals surface area contributed by atoms with Crippen LogP contribution in [0.2, 0.25) is 0 Å². The van der Waals surface area contributed by atoms with Gasteiger partial charge >= 0.3 is 0 Å². The number of fused-ring (bicyclic) bond motifs is 5. The summed E-state index contributed by atoms with van der Waals surface area (Å²) in [5, 5.41) is 7.60. The minimum absolute atomic E-state index is 0.143. The Labute approximate surface area is 336 Å². The summed E-state index contributed by atoms with van der Waals surface area (Å²) in [6.45, 7) is 9.63. The lowest BCUT2D eigenvalue weighted by Gasteiger charge is -2.42. The van der Waals surface area contributed by atoms with Gasteiger partial charge in [-0.3, -0.25) is 0 Å². The summed E-state index contributed by atoms with van der Waals surface area (Å²) in [7, 11) is 0. The van der Waals surface area contributed by atoms with Gasteiger partial charge in [-0.1, -0.05) is 173 Å². The standard InChI is InChI=1S/C56H47N/c1-55(2)32-33-56(3,4)54-37-41(28-31-53(54)55)40-17-11-19-45(34-40)57(44-29-26-39(27-30-44)48-25-13-16-38-14-5-7-21-47(38)48)46-20-12-18-42(35-46)52-36-43-15-6-8-22-49(43)50-23-9-10-24-51(50)52/h5-31,34-37H,32-33H2,1-4H3. The molecule has 10 rings (SSSR count). The van der Waals surface area contributed by atoms with Gasteiger partial charge in [0.15, 0.2) is 0 Å². The largest absolute Gasteiger partial charge is 0.310 e. The number of benzene rings is 9. The van der Waals surface area contributed by atoms with Crippen LogP contribution < -0.4 is 4.90 Å². The topological polar surface area (TPSA) is 3.24 Å². The van der Waals surface area contributed by atoms with E-state index in [0.29, 0.717) is 0 Å². The second kappa shape index (κ2) is 13.6. The van der Waals surface area contributed by atoms with Crippen LogP contribution >= 0.6 is 0 Å². The predicted molar refractivity (Wildman–Crippen MR) is 245 cm³/mol. The molecule has 0 radical (unpaired) electrons. The summed E-state index contributed by atoms with van der Waals surface area (Å²) in [4.78, 5) is 2.43. The van der Waals surface area contributed by atoms with E-state index in [1.54, 1.807) is 0 Å². The summed E-state index contributed by atoms with van der Waals surface area (Å²) in [6, 6.07) is 69.7. The molecular weight excluding hydrogens is 687 g/mol. The third kappa shape index (κ3) is 6.19. The molecule has 0 atom stereocenters. The summed E-state index contributed by atoms with van der Waals surface area (Å²) in [5.41, 5.74) is 14.0. The van der Waals surface area contributed by atoms with E-state index >= 15 is 0 Å². The van der Waals surface area contributed by atoms with E-state index in [0.717, 1.165) is 17.1 Å². The molecule has 1 heteroatoms. The van der Waals surface area contributed by atoms with Crippen LogP contribution in [0.25, 0.3) is 65.7 Å². The Morgan fingerprint density at radius 1 is 0.333 bits per heavy atom. The predicted octanol–water partition coefficient (Wildman–Crippen LogP) is 16.0. The molecule has 1 aliphatic carbocycles. The maximum Gasteiger partial charge on any atom is 0.0467 e. The Hall–Kier alpha value is -6.44. The molecule has 1 aliphatic rings. The van der Waals surface area contributed by atoms with E-state index in [1.807, 2.05) is 0 Å². The minimum Gasteiger partial charge on any atom is -0.310 e. The van der Waals surface area contributed by atoms with Crippen molar-refractivity contribution in [3.05, 3.63) is 199 Å². The zero-order chi connectivity index (χ0) is 38.7. The lowest BCUT2D eigenvalue weighted by Crippen LogP contribution is -2.33. The van der Waals surface area contributed by atoms with Crippen molar-refractivity contribution in [2.75, 3.05) is 4.90 Å². The fourth-order valence-corrected chi connectivity index (χ4v) is 9.41. The van der Waals surface area contributed by atoms with Gasteiger partial charge in [0, 0.05) is 17.1 Å². The first kappa shape index (κ1) is 35.0. The Morgan fingerprint density at radius 3 is 1.63 bits per heavy atom. The molecule has 1 nitrogen and oxygen atoms in total. The van der Waals surface area contributed by atoms with E-state index in [4.69, 9.17) is 0 Å². The molecule has 0 N–H and O–H groups in total. The Bertz CT molecular complexity index is 2960. The summed E-state index contributed by atoms with van der Waals surface area (Å²) >= 11 is 0. The fraction of sp³-hybridized carbons (Fsp3) is 0.143. The van der Waals surface area contributed by atoms with Gasteiger partial charge in [-0.05, 0) is 143 Å². The van der Waals surface area contributed by atoms with E-state index in [1.165, 1.54) is 89.7 Å². The molecule has 0 aromatic heterocycles. The molecule has 0 saturated carbocycles. The van der Waals surface area contributed by atoms with Crippen molar-refractivity contribution in [2.24, 2.45) is 0 Å². The first-order valence-corrected chi connectivity index (χ1v) is 20.4. The number of nitrogens with zero attached hydrogens (tertiary/aromatic N) is 1. The van der Waals surface area contributed by atoms with Gasteiger partial charge in [-0.25, -0.2) is 0 Å². The van der Waals surface area contributed by atoms with Crippen LogP contribution in [0.3, 0.4) is 0 Å². The van der Waals surface area contributed by atoms with Crippen molar-refractivity contribution >= 4 is 49.4 Å². The molecule has 9 aromatic rings. The maximum absolute atomic E-state index is 2.48. The molecule has 276 valence electrons. The van der Waals surface area contributed by atoms with Crippen LogP contribution in [-0.4, -0.2) is 0 Å². The van der Waals surface area contributed by atoms with Crippen LogP contribution in [0, 0.1) is 0 Å². The van der Waals surface area contributed by atoms with Crippen LogP contribution in [0.5, 0.6) is 0 Å².